The minimum absolute atomic E-state index is 0.0376. The van der Waals surface area contributed by atoms with Gasteiger partial charge in [0.15, 0.2) is 0 Å². The molecule has 40 heavy (non-hydrogen) atoms. The first-order valence-electron chi connectivity index (χ1n) is 13.6. The lowest BCUT2D eigenvalue weighted by atomic mass is 10.1. The molecule has 208 valence electrons. The van der Waals surface area contributed by atoms with Crippen LogP contribution in [0.1, 0.15) is 48.1 Å². The van der Waals surface area contributed by atoms with Crippen molar-refractivity contribution in [2.45, 2.75) is 45.6 Å². The van der Waals surface area contributed by atoms with Gasteiger partial charge in [0.05, 0.1) is 11.6 Å². The molecular formula is C30H31ClN4O4S. The first kappa shape index (κ1) is 26.8. The van der Waals surface area contributed by atoms with E-state index in [2.05, 4.69) is 0 Å². The molecule has 8 nitrogen and oxygen atoms in total. The number of hydrogen-bond donors (Lipinski definition) is 0. The minimum atomic E-state index is -0.568. The number of hydrogen-bond acceptors (Lipinski definition) is 6. The molecule has 3 aliphatic rings. The number of carbonyl (C=O) groups excluding carboxylic acids is 3. The van der Waals surface area contributed by atoms with Crippen molar-refractivity contribution in [2.75, 3.05) is 36.0 Å². The van der Waals surface area contributed by atoms with Crippen LogP contribution in [0, 0.1) is 5.92 Å². The second kappa shape index (κ2) is 10.2. The predicted molar refractivity (Wildman–Crippen MR) is 156 cm³/mol. The number of thiazole rings is 1. The van der Waals surface area contributed by atoms with E-state index < -0.39 is 5.60 Å². The summed E-state index contributed by atoms with van der Waals surface area (Å²) in [6, 6.07) is 13.4. The maximum Gasteiger partial charge on any atom is 0.410 e. The fourth-order valence-corrected chi connectivity index (χ4v) is 6.74. The van der Waals surface area contributed by atoms with Crippen molar-refractivity contribution in [3.8, 4) is 10.6 Å². The van der Waals surface area contributed by atoms with Crippen molar-refractivity contribution in [3.05, 3.63) is 63.6 Å². The van der Waals surface area contributed by atoms with Gasteiger partial charge in [0.2, 0.25) is 5.91 Å². The number of anilines is 2. The van der Waals surface area contributed by atoms with E-state index in [9.17, 15) is 14.4 Å². The van der Waals surface area contributed by atoms with Crippen LogP contribution in [0.5, 0.6) is 0 Å². The molecule has 4 heterocycles. The van der Waals surface area contributed by atoms with Crippen LogP contribution in [0.2, 0.25) is 5.02 Å². The van der Waals surface area contributed by atoms with E-state index in [0.29, 0.717) is 48.9 Å². The van der Waals surface area contributed by atoms with Gasteiger partial charge in [0.25, 0.3) is 5.91 Å². The van der Waals surface area contributed by atoms with Gasteiger partial charge in [-0.25, -0.2) is 9.78 Å². The van der Waals surface area contributed by atoms with Crippen LogP contribution in [0.25, 0.3) is 10.6 Å². The third-order valence-electron chi connectivity index (χ3n) is 7.53. The summed E-state index contributed by atoms with van der Waals surface area (Å²) in [7, 11) is 0. The van der Waals surface area contributed by atoms with Crippen molar-refractivity contribution >= 4 is 52.2 Å². The van der Waals surface area contributed by atoms with Crippen molar-refractivity contribution in [1.29, 1.82) is 0 Å². The van der Waals surface area contributed by atoms with Crippen LogP contribution in [0.3, 0.4) is 0 Å². The molecule has 3 amide bonds. The molecule has 3 aromatic rings. The van der Waals surface area contributed by atoms with Crippen molar-refractivity contribution < 1.29 is 19.1 Å². The highest BCUT2D eigenvalue weighted by Crippen LogP contribution is 2.37. The van der Waals surface area contributed by atoms with E-state index in [1.807, 2.05) is 73.0 Å². The highest BCUT2D eigenvalue weighted by Gasteiger charge is 2.38. The van der Waals surface area contributed by atoms with Gasteiger partial charge in [-0.2, -0.15) is 0 Å². The summed E-state index contributed by atoms with van der Waals surface area (Å²) in [5.74, 6) is -0.255. The molecule has 1 fully saturated rings. The van der Waals surface area contributed by atoms with E-state index in [1.54, 1.807) is 4.90 Å². The number of benzene rings is 2. The normalized spacial score (nSPS) is 18.6. The summed E-state index contributed by atoms with van der Waals surface area (Å²) < 4.78 is 5.48. The Hall–Kier alpha value is -3.43. The summed E-state index contributed by atoms with van der Waals surface area (Å²) in [5.41, 5.74) is 3.99. The molecular weight excluding hydrogens is 548 g/mol. The maximum absolute atomic E-state index is 13.5. The fourth-order valence-electron chi connectivity index (χ4n) is 5.55. The van der Waals surface area contributed by atoms with Crippen LogP contribution in [-0.2, 0) is 22.4 Å². The van der Waals surface area contributed by atoms with Gasteiger partial charge in [0, 0.05) is 54.6 Å². The zero-order valence-corrected chi connectivity index (χ0v) is 24.3. The van der Waals surface area contributed by atoms with Crippen LogP contribution < -0.4 is 9.80 Å². The summed E-state index contributed by atoms with van der Waals surface area (Å²) in [6.45, 7) is 7.55. The first-order valence-corrected chi connectivity index (χ1v) is 14.8. The Bertz CT molecular complexity index is 1500. The maximum atomic E-state index is 13.5. The van der Waals surface area contributed by atoms with Crippen LogP contribution >= 0.6 is 22.9 Å². The van der Waals surface area contributed by atoms with Gasteiger partial charge >= 0.3 is 6.09 Å². The smallest absolute Gasteiger partial charge is 0.410 e. The fraction of sp³-hybridized carbons (Fsp3) is 0.400. The van der Waals surface area contributed by atoms with E-state index in [1.165, 1.54) is 11.3 Å². The Labute approximate surface area is 242 Å². The van der Waals surface area contributed by atoms with Crippen LogP contribution in [0.15, 0.2) is 42.5 Å². The Morgan fingerprint density at radius 1 is 1.05 bits per heavy atom. The average Bonchev–Trinajstić information content (AvgIpc) is 3.66. The molecule has 0 spiro atoms. The molecule has 0 aliphatic carbocycles. The molecule has 0 radical (unpaired) electrons. The monoisotopic (exact) mass is 578 g/mol. The standard InChI is InChI=1S/C30H31ClN4O4S/c1-30(2,3)39-29(38)33-13-10-20(17-33)27(36)35-14-11-19-16-22(8-9-24(19)35)34-15-12-23-25(28(34)37)40-26(32-23)18-4-6-21(31)7-5-18/h4-9,16,20H,10-15,17H2,1-3H3. The van der Waals surface area contributed by atoms with Gasteiger partial charge in [-0.1, -0.05) is 23.7 Å². The van der Waals surface area contributed by atoms with Gasteiger partial charge < -0.3 is 19.4 Å². The third kappa shape index (κ3) is 5.08. The number of carbonyl (C=O) groups is 3. The first-order chi connectivity index (χ1) is 19.1. The number of nitrogens with zero attached hydrogens (tertiary/aromatic N) is 4. The summed E-state index contributed by atoms with van der Waals surface area (Å²) in [4.78, 5) is 50.1. The topological polar surface area (TPSA) is 83.1 Å². The van der Waals surface area contributed by atoms with Gasteiger partial charge in [0.1, 0.15) is 15.5 Å². The lowest BCUT2D eigenvalue weighted by Crippen LogP contribution is -2.39. The number of halogens is 1. The molecule has 0 N–H and O–H groups in total. The van der Waals surface area contributed by atoms with Crippen molar-refractivity contribution in [3.63, 3.8) is 0 Å². The van der Waals surface area contributed by atoms with E-state index in [4.69, 9.17) is 21.3 Å². The minimum Gasteiger partial charge on any atom is -0.444 e. The summed E-state index contributed by atoms with van der Waals surface area (Å²) in [6.07, 6.45) is 1.67. The summed E-state index contributed by atoms with van der Waals surface area (Å²) in [5, 5.41) is 1.48. The number of amides is 3. The molecule has 1 unspecified atom stereocenters. The average molecular weight is 579 g/mol. The lowest BCUT2D eigenvalue weighted by Gasteiger charge is -2.27. The van der Waals surface area contributed by atoms with E-state index >= 15 is 0 Å². The summed E-state index contributed by atoms with van der Waals surface area (Å²) >= 11 is 7.44. The van der Waals surface area contributed by atoms with Gasteiger partial charge in [-0.3, -0.25) is 9.59 Å². The van der Waals surface area contributed by atoms with Crippen LogP contribution in [0.4, 0.5) is 16.2 Å². The van der Waals surface area contributed by atoms with E-state index in [-0.39, 0.29) is 23.8 Å². The molecule has 1 atom stereocenters. The zero-order chi connectivity index (χ0) is 28.2. The molecule has 10 heteroatoms. The predicted octanol–water partition coefficient (Wildman–Crippen LogP) is 5.81. The molecule has 1 aromatic heterocycles. The number of rotatable bonds is 3. The van der Waals surface area contributed by atoms with Crippen LogP contribution in [-0.4, -0.2) is 59.6 Å². The quantitative estimate of drug-likeness (QED) is 0.391. The Balaban J connectivity index is 1.15. The Morgan fingerprint density at radius 3 is 2.58 bits per heavy atom. The number of fused-ring (bicyclic) bond motifs is 2. The number of likely N-dealkylation sites (tertiary alicyclic amines) is 1. The Kier molecular flexibility index (Phi) is 6.82. The highest BCUT2D eigenvalue weighted by molar-refractivity contribution is 7.17. The zero-order valence-electron chi connectivity index (χ0n) is 22.8. The molecule has 1 saturated heterocycles. The van der Waals surface area contributed by atoms with Crippen molar-refractivity contribution in [1.82, 2.24) is 9.88 Å². The molecule has 0 saturated carbocycles. The second-order valence-electron chi connectivity index (χ2n) is 11.5. The Morgan fingerprint density at radius 2 is 1.82 bits per heavy atom. The van der Waals surface area contributed by atoms with Crippen molar-refractivity contribution in [2.24, 2.45) is 5.92 Å². The number of ether oxygens (including phenoxy) is 1. The van der Waals surface area contributed by atoms with Gasteiger partial charge in [-0.05, 0) is 69.5 Å². The van der Waals surface area contributed by atoms with E-state index in [0.717, 1.165) is 39.6 Å². The van der Waals surface area contributed by atoms with Gasteiger partial charge in [-0.15, -0.1) is 11.3 Å². The molecule has 6 rings (SSSR count). The molecule has 3 aliphatic heterocycles. The molecule has 0 bridgehead atoms. The third-order valence-corrected chi connectivity index (χ3v) is 8.91. The number of aromatic nitrogens is 1. The SMILES string of the molecule is CC(C)(C)OC(=O)N1CCC(C(=O)N2CCc3cc(N4CCc5nc(-c6ccc(Cl)cc6)sc5C4=O)ccc32)C1. The highest BCUT2D eigenvalue weighted by atomic mass is 35.5. The second-order valence-corrected chi connectivity index (χ2v) is 12.9. The lowest BCUT2D eigenvalue weighted by molar-refractivity contribution is -0.121. The molecule has 2 aromatic carbocycles. The largest absolute Gasteiger partial charge is 0.444 e.